The van der Waals surface area contributed by atoms with E-state index in [2.05, 4.69) is 16.0 Å². The maximum Gasteiger partial charge on any atom is 0.339 e. The minimum Gasteiger partial charge on any atom is -0.311 e. The molecule has 2 aliphatic heterocycles. The quantitative estimate of drug-likeness (QED) is 0.541. The van der Waals surface area contributed by atoms with Gasteiger partial charge in [0.2, 0.25) is 0 Å². The number of nitrogens with zero attached hydrogens (tertiary/aromatic N) is 3. The number of urea groups is 1. The van der Waals surface area contributed by atoms with E-state index in [0.29, 0.717) is 24.4 Å². The summed E-state index contributed by atoms with van der Waals surface area (Å²) in [5, 5.41) is 0. The number of amides is 4. The Morgan fingerprint density at radius 2 is 1.58 bits per heavy atom. The van der Waals surface area contributed by atoms with Crippen molar-refractivity contribution in [1.29, 1.82) is 0 Å². The molecule has 4 amide bonds. The number of carbonyl (C=O) groups excluding carboxylic acids is 3. The molecular weight excluding hydrogens is 394 g/mol. The molecule has 3 heterocycles. The monoisotopic (exact) mass is 425 g/mol. The van der Waals surface area contributed by atoms with Crippen LogP contribution in [0.15, 0.2) is 24.4 Å². The number of imide groups is 2. The van der Waals surface area contributed by atoms with E-state index in [-0.39, 0.29) is 6.03 Å². The van der Waals surface area contributed by atoms with Crippen molar-refractivity contribution >= 4 is 23.7 Å². The Hall–Kier alpha value is -2.48. The van der Waals surface area contributed by atoms with Gasteiger partial charge in [-0.25, -0.2) is 19.6 Å². The minimum absolute atomic E-state index is 0.290. The van der Waals surface area contributed by atoms with Crippen LogP contribution in [-0.4, -0.2) is 66.0 Å². The smallest absolute Gasteiger partial charge is 0.311 e. The molecule has 1 aromatic rings. The number of nitrogens with one attached hydrogen (secondary N) is 2. The molecule has 1 aromatic heterocycles. The van der Waals surface area contributed by atoms with Gasteiger partial charge in [-0.2, -0.15) is 0 Å². The summed E-state index contributed by atoms with van der Waals surface area (Å²) in [4.78, 5) is 48.6. The molecule has 0 unspecified atom stereocenters. The lowest BCUT2D eigenvalue weighted by atomic mass is 9.52. The van der Waals surface area contributed by atoms with E-state index < -0.39 is 17.4 Å². The summed E-state index contributed by atoms with van der Waals surface area (Å²) in [5.41, 5.74) is -0.398. The van der Waals surface area contributed by atoms with Crippen LogP contribution in [0.3, 0.4) is 0 Å². The van der Waals surface area contributed by atoms with E-state index >= 15 is 0 Å². The third kappa shape index (κ3) is 3.06. The second-order valence-electron chi connectivity index (χ2n) is 10.4. The number of rotatable bonds is 4. The van der Waals surface area contributed by atoms with Crippen molar-refractivity contribution in [2.24, 2.45) is 17.8 Å². The Balaban J connectivity index is 1.15. The molecule has 4 saturated carbocycles. The minimum atomic E-state index is -0.618. The highest BCUT2D eigenvalue weighted by molar-refractivity contribution is 6.44. The highest BCUT2D eigenvalue weighted by Crippen LogP contribution is 2.58. The number of H-pyrrole nitrogens is 1. The number of aromatic amines is 1. The molecule has 0 aromatic carbocycles. The third-order valence-corrected chi connectivity index (χ3v) is 8.42. The molecule has 0 radical (unpaired) electrons. The fourth-order valence-corrected chi connectivity index (χ4v) is 7.43. The van der Waals surface area contributed by atoms with Gasteiger partial charge in [0.15, 0.2) is 6.67 Å². The molecule has 7 rings (SSSR count). The standard InChI is InChI=1S/C23H29N5O3/c29-20-21(30)28(23-12-16-9-17(13-23)11-18(10-16)14-23)22(31)27(20)15-25-5-7-26(8-6-25)19-3-1-2-4-24-19/h1-4,16-18H,5-15H2/p+2. The van der Waals surface area contributed by atoms with Crippen molar-refractivity contribution < 1.29 is 24.3 Å². The van der Waals surface area contributed by atoms with Crippen LogP contribution < -0.4 is 14.8 Å². The van der Waals surface area contributed by atoms with E-state index in [1.165, 1.54) is 34.0 Å². The number of anilines is 1. The van der Waals surface area contributed by atoms with Crippen molar-refractivity contribution in [3.05, 3.63) is 24.4 Å². The zero-order valence-electron chi connectivity index (χ0n) is 17.9. The summed E-state index contributed by atoms with van der Waals surface area (Å²) in [6.45, 7) is 3.63. The van der Waals surface area contributed by atoms with E-state index in [1.54, 1.807) is 0 Å². The number of hydrogen-bond acceptors (Lipinski definition) is 4. The first-order valence-corrected chi connectivity index (χ1v) is 11.8. The molecule has 6 fully saturated rings. The van der Waals surface area contributed by atoms with Crippen molar-refractivity contribution in [1.82, 2.24) is 9.80 Å². The highest BCUT2D eigenvalue weighted by Gasteiger charge is 2.61. The predicted molar refractivity (Wildman–Crippen MR) is 111 cm³/mol. The first-order chi connectivity index (χ1) is 15.0. The van der Waals surface area contributed by atoms with Crippen molar-refractivity contribution in [3.8, 4) is 0 Å². The summed E-state index contributed by atoms with van der Waals surface area (Å²) < 4.78 is 0. The van der Waals surface area contributed by atoms with Crippen molar-refractivity contribution in [2.75, 3.05) is 37.7 Å². The Labute approximate surface area is 182 Å². The number of quaternary nitrogens is 1. The number of hydrogen-bond donors (Lipinski definition) is 1. The van der Waals surface area contributed by atoms with Gasteiger partial charge >= 0.3 is 17.8 Å². The lowest BCUT2D eigenvalue weighted by Crippen LogP contribution is -3.16. The zero-order valence-corrected chi connectivity index (χ0v) is 17.9. The highest BCUT2D eigenvalue weighted by atomic mass is 16.2. The molecule has 2 saturated heterocycles. The summed E-state index contributed by atoms with van der Waals surface area (Å²) in [5.74, 6) is 1.73. The topological polar surface area (TPSA) is 79.5 Å². The van der Waals surface area contributed by atoms with Crippen LogP contribution in [0.2, 0.25) is 0 Å². The average molecular weight is 426 g/mol. The first-order valence-electron chi connectivity index (χ1n) is 11.8. The summed E-state index contributed by atoms with van der Waals surface area (Å²) in [6.07, 6.45) is 8.33. The lowest BCUT2D eigenvalue weighted by molar-refractivity contribution is -0.908. The second kappa shape index (κ2) is 7.02. The maximum absolute atomic E-state index is 13.4. The van der Waals surface area contributed by atoms with E-state index in [4.69, 9.17) is 0 Å². The fourth-order valence-electron chi connectivity index (χ4n) is 7.43. The Morgan fingerprint density at radius 3 is 2.16 bits per heavy atom. The molecule has 31 heavy (non-hydrogen) atoms. The van der Waals surface area contributed by atoms with E-state index in [0.717, 1.165) is 51.3 Å². The van der Waals surface area contributed by atoms with Gasteiger partial charge in [-0.05, 0) is 62.3 Å². The third-order valence-electron chi connectivity index (χ3n) is 8.42. The van der Waals surface area contributed by atoms with Crippen molar-refractivity contribution in [3.63, 3.8) is 0 Å². The fraction of sp³-hybridized carbons (Fsp3) is 0.652. The van der Waals surface area contributed by atoms with Gasteiger partial charge in [0, 0.05) is 6.07 Å². The van der Waals surface area contributed by atoms with Gasteiger partial charge < -0.3 is 4.90 Å². The maximum atomic E-state index is 13.4. The SMILES string of the molecule is O=C1C(=O)N(C23CC4CC(CC(C4)C2)C3)C(=O)N1C[NH+]1CCN(c2cccc[nH+]2)CC1. The number of aromatic nitrogens is 1. The van der Waals surface area contributed by atoms with Crippen LogP contribution in [0.1, 0.15) is 38.5 Å². The number of carbonyl (C=O) groups is 3. The number of pyridine rings is 1. The largest absolute Gasteiger partial charge is 0.339 e. The molecule has 164 valence electrons. The van der Waals surface area contributed by atoms with E-state index in [9.17, 15) is 14.4 Å². The second-order valence-corrected chi connectivity index (χ2v) is 10.4. The lowest BCUT2D eigenvalue weighted by Gasteiger charge is -2.58. The average Bonchev–Trinajstić information content (AvgIpc) is 2.97. The molecule has 0 spiro atoms. The van der Waals surface area contributed by atoms with Crippen molar-refractivity contribution in [2.45, 2.75) is 44.1 Å². The van der Waals surface area contributed by atoms with Gasteiger partial charge in [0.05, 0.1) is 11.7 Å². The zero-order chi connectivity index (χ0) is 21.2. The van der Waals surface area contributed by atoms with Gasteiger partial charge in [-0.1, -0.05) is 6.07 Å². The Morgan fingerprint density at radius 1 is 0.935 bits per heavy atom. The summed E-state index contributed by atoms with van der Waals surface area (Å²) >= 11 is 0. The van der Waals surface area contributed by atoms with Gasteiger partial charge in [0.1, 0.15) is 26.2 Å². The summed E-state index contributed by atoms with van der Waals surface area (Å²) in [7, 11) is 0. The van der Waals surface area contributed by atoms with Gasteiger partial charge in [-0.3, -0.25) is 14.5 Å². The number of piperazine rings is 1. The molecule has 6 aliphatic rings. The predicted octanol–water partition coefficient (Wildman–Crippen LogP) is -0.0773. The molecule has 0 atom stereocenters. The van der Waals surface area contributed by atoms with Crippen LogP contribution in [-0.2, 0) is 9.59 Å². The molecule has 2 N–H and O–H groups in total. The van der Waals surface area contributed by atoms with Gasteiger partial charge in [0.25, 0.3) is 5.82 Å². The Bertz CT molecular complexity index is 876. The molecule has 4 bridgehead atoms. The van der Waals surface area contributed by atoms with Crippen LogP contribution in [0, 0.1) is 17.8 Å². The molecule has 4 aliphatic carbocycles. The van der Waals surface area contributed by atoms with Crippen LogP contribution in [0.4, 0.5) is 10.6 Å². The summed E-state index contributed by atoms with van der Waals surface area (Å²) in [6, 6.07) is 5.67. The molecular formula is C23H31N5O3+2. The molecule has 8 heteroatoms. The van der Waals surface area contributed by atoms with Crippen LogP contribution in [0.5, 0.6) is 0 Å². The normalized spacial score (nSPS) is 35.5. The van der Waals surface area contributed by atoms with E-state index in [1.807, 2.05) is 18.3 Å². The van der Waals surface area contributed by atoms with Crippen LogP contribution in [0.25, 0.3) is 0 Å². The van der Waals surface area contributed by atoms with Gasteiger partial charge in [-0.15, -0.1) is 0 Å². The Kier molecular flexibility index (Phi) is 4.35. The van der Waals surface area contributed by atoms with Crippen LogP contribution >= 0.6 is 0 Å². The first kappa shape index (κ1) is 19.2. The molecule has 8 nitrogen and oxygen atoms in total.